The molecule has 1 unspecified atom stereocenters. The van der Waals surface area contributed by atoms with Gasteiger partial charge < -0.3 is 19.7 Å². The second-order valence-corrected chi connectivity index (χ2v) is 7.54. The molecule has 31 heavy (non-hydrogen) atoms. The number of ether oxygens (including phenoxy) is 2. The minimum absolute atomic E-state index is 0.118. The number of amides is 1. The smallest absolute Gasteiger partial charge is 0.252 e. The standard InChI is InChI=1S/C25H27N3O3/c1-19(21-7-9-23(10-8-21)28-13-15-30-16-14-28)27-25(29)22-11-12-26-24(17-22)31-18-20-5-3-2-4-6-20/h2-12,17,19H,13-16,18H2,1H3,(H,27,29). The lowest BCUT2D eigenvalue weighted by Gasteiger charge is -2.29. The molecule has 0 bridgehead atoms. The van der Waals surface area contributed by atoms with E-state index in [4.69, 9.17) is 9.47 Å². The summed E-state index contributed by atoms with van der Waals surface area (Å²) in [6.45, 7) is 5.72. The van der Waals surface area contributed by atoms with Crippen LogP contribution in [0.25, 0.3) is 0 Å². The van der Waals surface area contributed by atoms with E-state index in [2.05, 4.69) is 39.5 Å². The first-order chi connectivity index (χ1) is 15.2. The van der Waals surface area contributed by atoms with Crippen molar-refractivity contribution in [3.8, 4) is 5.88 Å². The molecule has 4 rings (SSSR count). The van der Waals surface area contributed by atoms with Gasteiger partial charge in [0.15, 0.2) is 0 Å². The zero-order valence-electron chi connectivity index (χ0n) is 17.7. The van der Waals surface area contributed by atoms with Gasteiger partial charge in [-0.1, -0.05) is 42.5 Å². The summed E-state index contributed by atoms with van der Waals surface area (Å²) in [6, 6.07) is 21.5. The molecule has 0 saturated carbocycles. The van der Waals surface area contributed by atoms with Gasteiger partial charge in [-0.25, -0.2) is 4.98 Å². The predicted octanol–water partition coefficient (Wildman–Crippen LogP) is 3.99. The molecule has 6 nitrogen and oxygen atoms in total. The van der Waals surface area contributed by atoms with Crippen molar-refractivity contribution in [2.75, 3.05) is 31.2 Å². The Morgan fingerprint density at radius 3 is 2.58 bits per heavy atom. The summed E-state index contributed by atoms with van der Waals surface area (Å²) in [6.07, 6.45) is 1.59. The van der Waals surface area contributed by atoms with Gasteiger partial charge in [-0.05, 0) is 36.2 Å². The topological polar surface area (TPSA) is 63.7 Å². The number of carbonyl (C=O) groups excluding carboxylic acids is 1. The molecule has 6 heteroatoms. The van der Waals surface area contributed by atoms with E-state index in [0.717, 1.165) is 37.4 Å². The second-order valence-electron chi connectivity index (χ2n) is 7.54. The number of carbonyl (C=O) groups is 1. The van der Waals surface area contributed by atoms with Gasteiger partial charge in [-0.3, -0.25) is 4.79 Å². The van der Waals surface area contributed by atoms with Crippen LogP contribution >= 0.6 is 0 Å². The Morgan fingerprint density at radius 2 is 1.84 bits per heavy atom. The molecule has 1 amide bonds. The summed E-state index contributed by atoms with van der Waals surface area (Å²) in [4.78, 5) is 19.3. The van der Waals surface area contributed by atoms with Crippen LogP contribution in [-0.4, -0.2) is 37.2 Å². The molecule has 0 radical (unpaired) electrons. The van der Waals surface area contributed by atoms with Crippen molar-refractivity contribution in [2.45, 2.75) is 19.6 Å². The number of nitrogens with one attached hydrogen (secondary N) is 1. The van der Waals surface area contributed by atoms with E-state index in [1.807, 2.05) is 37.3 Å². The maximum atomic E-state index is 12.8. The van der Waals surface area contributed by atoms with Crippen LogP contribution in [0.5, 0.6) is 5.88 Å². The van der Waals surface area contributed by atoms with Crippen molar-refractivity contribution >= 4 is 11.6 Å². The molecule has 1 atom stereocenters. The highest BCUT2D eigenvalue weighted by Crippen LogP contribution is 2.21. The number of pyridine rings is 1. The summed E-state index contributed by atoms with van der Waals surface area (Å²) in [5.74, 6) is 0.274. The van der Waals surface area contributed by atoms with Crippen molar-refractivity contribution in [1.29, 1.82) is 0 Å². The van der Waals surface area contributed by atoms with Gasteiger partial charge in [-0.15, -0.1) is 0 Å². The molecule has 0 spiro atoms. The molecule has 1 aliphatic rings. The Hall–Kier alpha value is -3.38. The zero-order chi connectivity index (χ0) is 21.5. The van der Waals surface area contributed by atoms with Crippen molar-refractivity contribution in [2.24, 2.45) is 0 Å². The SMILES string of the molecule is CC(NC(=O)c1ccnc(OCc2ccccc2)c1)c1ccc(N2CCOCC2)cc1. The molecular formula is C25H27N3O3. The molecular weight excluding hydrogens is 390 g/mol. The molecule has 3 aromatic rings. The lowest BCUT2D eigenvalue weighted by Crippen LogP contribution is -2.36. The van der Waals surface area contributed by atoms with E-state index in [-0.39, 0.29) is 11.9 Å². The first-order valence-electron chi connectivity index (χ1n) is 10.6. The summed E-state index contributed by atoms with van der Waals surface area (Å²) in [5.41, 5.74) is 3.81. The quantitative estimate of drug-likeness (QED) is 0.630. The van der Waals surface area contributed by atoms with Gasteiger partial charge in [-0.2, -0.15) is 0 Å². The number of anilines is 1. The highest BCUT2D eigenvalue weighted by atomic mass is 16.5. The highest BCUT2D eigenvalue weighted by Gasteiger charge is 2.15. The predicted molar refractivity (Wildman–Crippen MR) is 120 cm³/mol. The molecule has 1 aliphatic heterocycles. The fourth-order valence-corrected chi connectivity index (χ4v) is 3.52. The van der Waals surface area contributed by atoms with Gasteiger partial charge in [0.2, 0.25) is 5.88 Å². The third-order valence-corrected chi connectivity index (χ3v) is 5.34. The van der Waals surface area contributed by atoms with Crippen LogP contribution in [0.3, 0.4) is 0 Å². The number of rotatable bonds is 7. The van der Waals surface area contributed by atoms with E-state index in [9.17, 15) is 4.79 Å². The van der Waals surface area contributed by atoms with E-state index in [1.54, 1.807) is 18.3 Å². The number of nitrogens with zero attached hydrogens (tertiary/aromatic N) is 2. The molecule has 2 heterocycles. The van der Waals surface area contributed by atoms with Crippen LogP contribution in [0.4, 0.5) is 5.69 Å². The van der Waals surface area contributed by atoms with Gasteiger partial charge in [0.1, 0.15) is 6.61 Å². The number of benzene rings is 2. The van der Waals surface area contributed by atoms with E-state index >= 15 is 0 Å². The van der Waals surface area contributed by atoms with Gasteiger partial charge in [0.25, 0.3) is 5.91 Å². The zero-order valence-corrected chi connectivity index (χ0v) is 17.7. The van der Waals surface area contributed by atoms with Crippen LogP contribution in [0, 0.1) is 0 Å². The minimum atomic E-state index is -0.156. The van der Waals surface area contributed by atoms with Gasteiger partial charge in [0, 0.05) is 36.6 Å². The Balaban J connectivity index is 1.35. The van der Waals surface area contributed by atoms with Crippen LogP contribution in [-0.2, 0) is 11.3 Å². The number of hydrogen-bond acceptors (Lipinski definition) is 5. The maximum Gasteiger partial charge on any atom is 0.252 e. The molecule has 1 aromatic heterocycles. The van der Waals surface area contributed by atoms with Crippen LogP contribution < -0.4 is 15.0 Å². The monoisotopic (exact) mass is 417 g/mol. The fourth-order valence-electron chi connectivity index (χ4n) is 3.52. The van der Waals surface area contributed by atoms with Gasteiger partial charge >= 0.3 is 0 Å². The summed E-state index contributed by atoms with van der Waals surface area (Å²) < 4.78 is 11.2. The third kappa shape index (κ3) is 5.61. The normalized spacial score (nSPS) is 14.7. The summed E-state index contributed by atoms with van der Waals surface area (Å²) in [7, 11) is 0. The Labute approximate surface area is 182 Å². The average Bonchev–Trinajstić information content (AvgIpc) is 2.84. The molecule has 160 valence electrons. The largest absolute Gasteiger partial charge is 0.473 e. The fraction of sp³-hybridized carbons (Fsp3) is 0.280. The van der Waals surface area contributed by atoms with Crippen LogP contribution in [0.2, 0.25) is 0 Å². The highest BCUT2D eigenvalue weighted by molar-refractivity contribution is 5.94. The lowest BCUT2D eigenvalue weighted by molar-refractivity contribution is 0.0939. The Morgan fingerprint density at radius 1 is 1.10 bits per heavy atom. The van der Waals surface area contributed by atoms with Gasteiger partial charge in [0.05, 0.1) is 19.3 Å². The first kappa shape index (κ1) is 20.9. The molecule has 0 aliphatic carbocycles. The Bertz CT molecular complexity index is 986. The molecule has 1 fully saturated rings. The van der Waals surface area contributed by atoms with E-state index in [0.29, 0.717) is 18.1 Å². The van der Waals surface area contributed by atoms with Crippen molar-refractivity contribution in [3.63, 3.8) is 0 Å². The van der Waals surface area contributed by atoms with Crippen molar-refractivity contribution in [3.05, 3.63) is 89.6 Å². The van der Waals surface area contributed by atoms with Crippen LogP contribution in [0.15, 0.2) is 72.9 Å². The molecule has 2 aromatic carbocycles. The first-order valence-corrected chi connectivity index (χ1v) is 10.6. The average molecular weight is 418 g/mol. The molecule has 1 N–H and O–H groups in total. The third-order valence-electron chi connectivity index (χ3n) is 5.34. The van der Waals surface area contributed by atoms with E-state index < -0.39 is 0 Å². The Kier molecular flexibility index (Phi) is 6.79. The lowest BCUT2D eigenvalue weighted by atomic mass is 10.1. The summed E-state index contributed by atoms with van der Waals surface area (Å²) >= 11 is 0. The van der Waals surface area contributed by atoms with Crippen molar-refractivity contribution < 1.29 is 14.3 Å². The second kappa shape index (κ2) is 10.1. The maximum absolute atomic E-state index is 12.8. The summed E-state index contributed by atoms with van der Waals surface area (Å²) in [5, 5.41) is 3.06. The van der Waals surface area contributed by atoms with Crippen LogP contribution in [0.1, 0.15) is 34.5 Å². The number of aromatic nitrogens is 1. The minimum Gasteiger partial charge on any atom is -0.473 e. The number of hydrogen-bond donors (Lipinski definition) is 1. The van der Waals surface area contributed by atoms with Crippen molar-refractivity contribution in [1.82, 2.24) is 10.3 Å². The van der Waals surface area contributed by atoms with E-state index in [1.165, 1.54) is 5.69 Å². The number of morpholine rings is 1. The molecule has 1 saturated heterocycles.